The fraction of sp³-hybridized carbons (Fsp3) is 0.294. The minimum Gasteiger partial charge on any atom is -0.497 e. The molecule has 0 radical (unpaired) electrons. The minimum absolute atomic E-state index is 0.175. The first-order chi connectivity index (χ1) is 22.0. The normalized spacial score (nSPS) is 15.2. The van der Waals surface area contributed by atoms with E-state index >= 15 is 0 Å². The zero-order valence-electron chi connectivity index (χ0n) is 25.3. The largest absolute Gasteiger partial charge is 0.497 e. The Morgan fingerprint density at radius 1 is 1.02 bits per heavy atom. The number of anilines is 3. The molecule has 11 heteroatoms. The Balaban J connectivity index is 1.19. The van der Waals surface area contributed by atoms with Crippen LogP contribution in [-0.4, -0.2) is 58.9 Å². The molecule has 0 atom stereocenters. The smallest absolute Gasteiger partial charge is 0.271 e. The van der Waals surface area contributed by atoms with Gasteiger partial charge in [-0.25, -0.2) is 9.50 Å². The van der Waals surface area contributed by atoms with Crippen molar-refractivity contribution in [3.05, 3.63) is 95.9 Å². The van der Waals surface area contributed by atoms with Crippen LogP contribution in [0.4, 0.5) is 17.2 Å². The van der Waals surface area contributed by atoms with Crippen molar-refractivity contribution in [2.45, 2.75) is 38.1 Å². The van der Waals surface area contributed by atoms with Gasteiger partial charge in [-0.05, 0) is 55.2 Å². The van der Waals surface area contributed by atoms with Gasteiger partial charge < -0.3 is 29.7 Å². The van der Waals surface area contributed by atoms with Crippen LogP contribution in [0, 0.1) is 0 Å². The summed E-state index contributed by atoms with van der Waals surface area (Å²) in [5, 5.41) is 11.4. The van der Waals surface area contributed by atoms with Crippen molar-refractivity contribution in [3.63, 3.8) is 0 Å². The lowest BCUT2D eigenvalue weighted by Gasteiger charge is -2.26. The topological polar surface area (TPSA) is 115 Å². The Labute approximate surface area is 261 Å². The number of hydrogen-bond acceptors (Lipinski definition) is 9. The van der Waals surface area contributed by atoms with Gasteiger partial charge in [0.1, 0.15) is 5.75 Å². The van der Waals surface area contributed by atoms with Crippen molar-refractivity contribution >= 4 is 28.7 Å². The van der Waals surface area contributed by atoms with E-state index in [1.807, 2.05) is 73.8 Å². The van der Waals surface area contributed by atoms with Gasteiger partial charge in [0.25, 0.3) is 5.91 Å². The fourth-order valence-corrected chi connectivity index (χ4v) is 5.52. The maximum Gasteiger partial charge on any atom is 0.271 e. The molecule has 11 nitrogen and oxygen atoms in total. The second-order valence-electron chi connectivity index (χ2n) is 11.4. The van der Waals surface area contributed by atoms with Crippen LogP contribution in [0.3, 0.4) is 0 Å². The van der Waals surface area contributed by atoms with Gasteiger partial charge in [-0.15, -0.1) is 5.10 Å². The summed E-state index contributed by atoms with van der Waals surface area (Å²) in [4.78, 5) is 24.7. The molecule has 1 amide bonds. The summed E-state index contributed by atoms with van der Waals surface area (Å²) in [6.07, 6.45) is 6.15. The van der Waals surface area contributed by atoms with Crippen LogP contribution in [0.5, 0.6) is 5.75 Å². The first-order valence-electron chi connectivity index (χ1n) is 15.1. The van der Waals surface area contributed by atoms with Crippen molar-refractivity contribution in [2.24, 2.45) is 0 Å². The third-order valence-electron chi connectivity index (χ3n) is 8.22. The lowest BCUT2D eigenvalue weighted by Crippen LogP contribution is -2.40. The SMILES string of the molecule is COc1ccc(CN(C)c2cc(Nc3cccc(-c4ccc(C5OCCO5)cn4)c3)nn3c(C(=O)NC4CCC4)cnc23)cc1. The highest BCUT2D eigenvalue weighted by Crippen LogP contribution is 2.30. The van der Waals surface area contributed by atoms with Crippen LogP contribution in [0.1, 0.15) is 47.2 Å². The molecule has 230 valence electrons. The monoisotopic (exact) mass is 605 g/mol. The summed E-state index contributed by atoms with van der Waals surface area (Å²) in [5.41, 5.74) is 6.43. The molecule has 7 rings (SSSR count). The van der Waals surface area contributed by atoms with Gasteiger partial charge in [0.2, 0.25) is 0 Å². The molecule has 0 unspecified atom stereocenters. The van der Waals surface area contributed by atoms with E-state index in [1.165, 1.54) is 0 Å². The predicted molar refractivity (Wildman–Crippen MR) is 171 cm³/mol. The molecule has 5 aromatic rings. The van der Waals surface area contributed by atoms with Crippen LogP contribution in [0.15, 0.2) is 79.1 Å². The molecule has 3 aromatic heterocycles. The average Bonchev–Trinajstić information content (AvgIpc) is 3.74. The zero-order valence-corrected chi connectivity index (χ0v) is 25.3. The van der Waals surface area contributed by atoms with Gasteiger partial charge in [-0.2, -0.15) is 0 Å². The van der Waals surface area contributed by atoms with E-state index in [-0.39, 0.29) is 18.2 Å². The number of ether oxygens (including phenoxy) is 3. The van der Waals surface area contributed by atoms with Crippen molar-refractivity contribution in [3.8, 4) is 17.0 Å². The highest BCUT2D eigenvalue weighted by Gasteiger charge is 2.24. The number of hydrogen-bond donors (Lipinski definition) is 2. The first-order valence-corrected chi connectivity index (χ1v) is 15.1. The molecule has 1 aliphatic heterocycles. The number of nitrogens with one attached hydrogen (secondary N) is 2. The van der Waals surface area contributed by atoms with Gasteiger partial charge in [-0.3, -0.25) is 9.78 Å². The first kappa shape index (κ1) is 28.8. The number of nitrogens with zero attached hydrogens (tertiary/aromatic N) is 5. The Kier molecular flexibility index (Phi) is 8.02. The number of fused-ring (bicyclic) bond motifs is 1. The Morgan fingerprint density at radius 3 is 2.56 bits per heavy atom. The third kappa shape index (κ3) is 6.17. The van der Waals surface area contributed by atoms with E-state index in [2.05, 4.69) is 25.5 Å². The van der Waals surface area contributed by atoms with E-state index in [0.29, 0.717) is 36.9 Å². The summed E-state index contributed by atoms with van der Waals surface area (Å²) in [6, 6.07) is 22.1. The number of pyridine rings is 1. The fourth-order valence-electron chi connectivity index (χ4n) is 5.52. The van der Waals surface area contributed by atoms with Crippen LogP contribution < -0.4 is 20.3 Å². The minimum atomic E-state index is -0.360. The second-order valence-corrected chi connectivity index (χ2v) is 11.4. The maximum atomic E-state index is 13.3. The second kappa shape index (κ2) is 12.5. The van der Waals surface area contributed by atoms with Crippen LogP contribution >= 0.6 is 0 Å². The summed E-state index contributed by atoms with van der Waals surface area (Å²) < 4.78 is 18.1. The number of imidazole rings is 1. The number of carbonyl (C=O) groups excluding carboxylic acids is 1. The number of methoxy groups -OCH3 is 1. The number of rotatable bonds is 10. The van der Waals surface area contributed by atoms with Gasteiger partial charge in [-0.1, -0.05) is 30.3 Å². The van der Waals surface area contributed by atoms with Crippen LogP contribution in [0.25, 0.3) is 16.9 Å². The standard InChI is InChI=1S/C34H35N7O4/c1-40(21-22-9-12-27(43-2)13-10-22)29-18-31(39-41-30(20-36-32(29)41)33(42)38-25-6-4-7-25)37-26-8-3-5-23(17-26)28-14-11-24(19-35-28)34-44-15-16-45-34/h3,5,8-14,17-20,25,34H,4,6-7,15-16,21H2,1-2H3,(H,37,39)(H,38,42). The molecular weight excluding hydrogens is 570 g/mol. The Morgan fingerprint density at radius 2 is 1.84 bits per heavy atom. The molecule has 1 saturated carbocycles. The van der Waals surface area contributed by atoms with Crippen LogP contribution in [0.2, 0.25) is 0 Å². The van der Waals surface area contributed by atoms with E-state index in [4.69, 9.17) is 19.3 Å². The molecule has 2 aliphatic rings. The molecule has 4 heterocycles. The molecule has 0 bridgehead atoms. The third-order valence-corrected chi connectivity index (χ3v) is 8.22. The number of carbonyl (C=O) groups is 1. The van der Waals surface area contributed by atoms with Crippen molar-refractivity contribution in [2.75, 3.05) is 37.6 Å². The lowest BCUT2D eigenvalue weighted by atomic mass is 9.93. The molecule has 2 fully saturated rings. The number of aromatic nitrogens is 4. The van der Waals surface area contributed by atoms with Crippen molar-refractivity contribution in [1.29, 1.82) is 0 Å². The quantitative estimate of drug-likeness (QED) is 0.213. The summed E-state index contributed by atoms with van der Waals surface area (Å²) in [7, 11) is 3.66. The summed E-state index contributed by atoms with van der Waals surface area (Å²) >= 11 is 0. The van der Waals surface area contributed by atoms with Gasteiger partial charge in [0.15, 0.2) is 23.4 Å². The highest BCUT2D eigenvalue weighted by molar-refractivity contribution is 5.94. The highest BCUT2D eigenvalue weighted by atomic mass is 16.7. The molecule has 1 saturated heterocycles. The number of amides is 1. The lowest BCUT2D eigenvalue weighted by molar-refractivity contribution is -0.0443. The van der Waals surface area contributed by atoms with E-state index in [0.717, 1.165) is 58.8 Å². The van der Waals surface area contributed by atoms with E-state index < -0.39 is 0 Å². The summed E-state index contributed by atoms with van der Waals surface area (Å²) in [5.74, 6) is 1.20. The maximum absolute atomic E-state index is 13.3. The molecule has 45 heavy (non-hydrogen) atoms. The van der Waals surface area contributed by atoms with Gasteiger partial charge >= 0.3 is 0 Å². The Hall–Kier alpha value is -5.00. The van der Waals surface area contributed by atoms with E-state index in [1.54, 1.807) is 24.0 Å². The van der Waals surface area contributed by atoms with Crippen molar-refractivity contribution in [1.82, 2.24) is 24.9 Å². The molecular formula is C34H35N7O4. The summed E-state index contributed by atoms with van der Waals surface area (Å²) in [6.45, 7) is 1.79. The van der Waals surface area contributed by atoms with Crippen LogP contribution in [-0.2, 0) is 16.0 Å². The van der Waals surface area contributed by atoms with E-state index in [9.17, 15) is 4.79 Å². The molecule has 2 aromatic carbocycles. The predicted octanol–water partition coefficient (Wildman–Crippen LogP) is 5.51. The Bertz CT molecular complexity index is 1800. The molecule has 0 spiro atoms. The number of benzene rings is 2. The van der Waals surface area contributed by atoms with Gasteiger partial charge in [0.05, 0.1) is 37.9 Å². The molecule has 1 aliphatic carbocycles. The van der Waals surface area contributed by atoms with Crippen molar-refractivity contribution < 1.29 is 19.0 Å². The average molecular weight is 606 g/mol. The zero-order chi connectivity index (χ0) is 30.8. The molecule has 2 N–H and O–H groups in total. The van der Waals surface area contributed by atoms with Gasteiger partial charge in [0, 0.05) is 48.7 Å².